The van der Waals surface area contributed by atoms with Crippen LogP contribution in [0, 0.1) is 0 Å². The highest BCUT2D eigenvalue weighted by Gasteiger charge is 2.31. The Morgan fingerprint density at radius 1 is 1.30 bits per heavy atom. The minimum atomic E-state index is 0.00262. The number of hydrogen-bond acceptors (Lipinski definition) is 3. The van der Waals surface area contributed by atoms with Crippen LogP contribution in [0.1, 0.15) is 30.1 Å². The van der Waals surface area contributed by atoms with E-state index >= 15 is 0 Å². The zero-order chi connectivity index (χ0) is 14.4. The van der Waals surface area contributed by atoms with Crippen molar-refractivity contribution in [2.45, 2.75) is 32.2 Å². The maximum absolute atomic E-state index is 10.2. The van der Waals surface area contributed by atoms with Crippen molar-refractivity contribution in [1.82, 2.24) is 14.8 Å². The fourth-order valence-corrected chi connectivity index (χ4v) is 3.45. The lowest BCUT2D eigenvalue weighted by atomic mass is 9.96. The summed E-state index contributed by atoms with van der Waals surface area (Å²) in [5.41, 5.74) is 0.594. The third-order valence-electron chi connectivity index (χ3n) is 3.64. The van der Waals surface area contributed by atoms with Crippen LogP contribution < -0.4 is 0 Å². The monoisotopic (exact) mass is 331 g/mol. The second kappa shape index (κ2) is 5.10. The number of benzene rings is 1. The molecule has 20 heavy (non-hydrogen) atoms. The number of aromatic nitrogens is 3. The highest BCUT2D eigenvalue weighted by molar-refractivity contribution is 6.44. The van der Waals surface area contributed by atoms with Crippen LogP contribution in [-0.4, -0.2) is 19.9 Å². The molecule has 1 aromatic carbocycles. The molecule has 2 aromatic rings. The minimum absolute atomic E-state index is 0.00262. The second-order valence-corrected chi connectivity index (χ2v) is 6.01. The first-order valence-electron chi connectivity index (χ1n) is 6.30. The lowest BCUT2D eigenvalue weighted by Crippen LogP contribution is -2.06. The molecular weight excluding hydrogens is 321 g/mol. The summed E-state index contributed by atoms with van der Waals surface area (Å²) in [6.07, 6.45) is 1.48. The van der Waals surface area contributed by atoms with Crippen LogP contribution in [0.25, 0.3) is 0 Å². The summed E-state index contributed by atoms with van der Waals surface area (Å²) in [5.74, 6) is 1.85. The first-order chi connectivity index (χ1) is 9.52. The predicted octanol–water partition coefficient (Wildman–Crippen LogP) is 3.85. The van der Waals surface area contributed by atoms with Gasteiger partial charge in [0.15, 0.2) is 0 Å². The highest BCUT2D eigenvalue weighted by Crippen LogP contribution is 2.45. The number of rotatable bonds is 2. The van der Waals surface area contributed by atoms with E-state index in [2.05, 4.69) is 14.8 Å². The van der Waals surface area contributed by atoms with E-state index in [0.717, 1.165) is 18.1 Å². The number of halogens is 3. The molecule has 4 nitrogen and oxygen atoms in total. The molecule has 3 rings (SSSR count). The Hall–Kier alpha value is -0.970. The summed E-state index contributed by atoms with van der Waals surface area (Å²) in [6.45, 7) is 2.71. The van der Waals surface area contributed by atoms with Gasteiger partial charge in [-0.25, -0.2) is 0 Å². The van der Waals surface area contributed by atoms with Gasteiger partial charge in [0.2, 0.25) is 0 Å². The molecule has 0 unspecified atom stereocenters. The molecule has 1 atom stereocenters. The molecule has 0 aliphatic carbocycles. The fourth-order valence-electron chi connectivity index (χ4n) is 2.67. The summed E-state index contributed by atoms with van der Waals surface area (Å²) in [5, 5.41) is 19.4. The number of fused-ring (bicyclic) bond motifs is 1. The van der Waals surface area contributed by atoms with Crippen LogP contribution in [0.15, 0.2) is 6.07 Å². The molecule has 1 N–H and O–H groups in total. The van der Waals surface area contributed by atoms with Gasteiger partial charge in [-0.05, 0) is 6.07 Å². The first kappa shape index (κ1) is 14.0. The molecule has 106 valence electrons. The van der Waals surface area contributed by atoms with Crippen LogP contribution in [0.3, 0.4) is 0 Å². The van der Waals surface area contributed by atoms with Crippen molar-refractivity contribution in [3.8, 4) is 5.75 Å². The van der Waals surface area contributed by atoms with Gasteiger partial charge in [0.05, 0.1) is 15.1 Å². The smallest absolute Gasteiger partial charge is 0.139 e. The van der Waals surface area contributed by atoms with E-state index in [-0.39, 0.29) is 16.7 Å². The third-order valence-corrected chi connectivity index (χ3v) is 4.73. The van der Waals surface area contributed by atoms with Crippen molar-refractivity contribution in [2.75, 3.05) is 0 Å². The SMILES string of the molecule is CCc1nnc2n1C[C@H](c1c(O)c(Cl)cc(Cl)c1Cl)C2. The highest BCUT2D eigenvalue weighted by atomic mass is 35.5. The Bertz CT molecular complexity index is 658. The number of hydrogen-bond donors (Lipinski definition) is 1. The molecule has 1 aliphatic rings. The van der Waals surface area contributed by atoms with Gasteiger partial charge in [-0.3, -0.25) is 0 Å². The van der Waals surface area contributed by atoms with Crippen LogP contribution in [0.5, 0.6) is 5.75 Å². The fraction of sp³-hybridized carbons (Fsp3) is 0.385. The van der Waals surface area contributed by atoms with E-state index in [1.807, 2.05) is 6.92 Å². The summed E-state index contributed by atoms with van der Waals surface area (Å²) in [7, 11) is 0. The van der Waals surface area contributed by atoms with Crippen molar-refractivity contribution in [2.24, 2.45) is 0 Å². The minimum Gasteiger partial charge on any atom is -0.506 e. The number of aryl methyl sites for hydroxylation is 1. The number of phenolic OH excluding ortho intramolecular Hbond substituents is 1. The molecule has 0 amide bonds. The molecule has 2 heterocycles. The molecule has 1 aromatic heterocycles. The molecule has 0 saturated carbocycles. The van der Waals surface area contributed by atoms with E-state index in [1.54, 1.807) is 0 Å². The first-order valence-corrected chi connectivity index (χ1v) is 7.43. The van der Waals surface area contributed by atoms with Crippen molar-refractivity contribution in [3.63, 3.8) is 0 Å². The predicted molar refractivity (Wildman–Crippen MR) is 79.0 cm³/mol. The maximum Gasteiger partial charge on any atom is 0.139 e. The summed E-state index contributed by atoms with van der Waals surface area (Å²) >= 11 is 18.3. The Morgan fingerprint density at radius 3 is 2.75 bits per heavy atom. The van der Waals surface area contributed by atoms with Gasteiger partial charge in [-0.1, -0.05) is 41.7 Å². The average molecular weight is 333 g/mol. The van der Waals surface area contributed by atoms with Crippen LogP contribution in [0.2, 0.25) is 15.1 Å². The third kappa shape index (κ3) is 2.07. The van der Waals surface area contributed by atoms with Gasteiger partial charge >= 0.3 is 0 Å². The van der Waals surface area contributed by atoms with Crippen molar-refractivity contribution in [3.05, 3.63) is 38.3 Å². The van der Waals surface area contributed by atoms with E-state index in [4.69, 9.17) is 34.8 Å². The number of nitrogens with zero attached hydrogens (tertiary/aromatic N) is 3. The zero-order valence-corrected chi connectivity index (χ0v) is 13.0. The van der Waals surface area contributed by atoms with E-state index in [0.29, 0.717) is 28.6 Å². The van der Waals surface area contributed by atoms with E-state index < -0.39 is 0 Å². The van der Waals surface area contributed by atoms with Gasteiger partial charge in [-0.2, -0.15) is 0 Å². The van der Waals surface area contributed by atoms with Gasteiger partial charge < -0.3 is 9.67 Å². The zero-order valence-electron chi connectivity index (χ0n) is 10.7. The van der Waals surface area contributed by atoms with E-state index in [9.17, 15) is 5.11 Å². The average Bonchev–Trinajstić information content (AvgIpc) is 2.96. The lowest BCUT2D eigenvalue weighted by molar-refractivity contribution is 0.458. The Balaban J connectivity index is 2.03. The molecule has 7 heteroatoms. The molecule has 0 radical (unpaired) electrons. The van der Waals surface area contributed by atoms with Gasteiger partial charge in [-0.15, -0.1) is 10.2 Å². The Morgan fingerprint density at radius 2 is 2.05 bits per heavy atom. The molecule has 0 bridgehead atoms. The quantitative estimate of drug-likeness (QED) is 0.850. The standard InChI is InChI=1S/C13H12Cl3N3O/c1-2-9-17-18-10-3-6(5-19(9)10)11-12(16)7(14)4-8(15)13(11)20/h4,6,20H,2-3,5H2,1H3/t6-/m1/s1. The largest absolute Gasteiger partial charge is 0.506 e. The lowest BCUT2D eigenvalue weighted by Gasteiger charge is -2.16. The van der Waals surface area contributed by atoms with Crippen molar-refractivity contribution < 1.29 is 5.11 Å². The van der Waals surface area contributed by atoms with Crippen LogP contribution in [0.4, 0.5) is 0 Å². The molecular formula is C13H12Cl3N3O. The topological polar surface area (TPSA) is 50.9 Å². The molecule has 0 spiro atoms. The number of aromatic hydroxyl groups is 1. The summed E-state index contributed by atoms with van der Waals surface area (Å²) < 4.78 is 2.06. The van der Waals surface area contributed by atoms with Gasteiger partial charge in [0.25, 0.3) is 0 Å². The Kier molecular flexibility index (Phi) is 3.56. The summed E-state index contributed by atoms with van der Waals surface area (Å²) in [4.78, 5) is 0. The molecule has 0 saturated heterocycles. The van der Waals surface area contributed by atoms with Crippen molar-refractivity contribution >= 4 is 34.8 Å². The van der Waals surface area contributed by atoms with Gasteiger partial charge in [0.1, 0.15) is 17.4 Å². The maximum atomic E-state index is 10.2. The van der Waals surface area contributed by atoms with E-state index in [1.165, 1.54) is 6.07 Å². The normalized spacial score (nSPS) is 17.5. The van der Waals surface area contributed by atoms with Crippen molar-refractivity contribution in [1.29, 1.82) is 0 Å². The van der Waals surface area contributed by atoms with Crippen LogP contribution in [-0.2, 0) is 19.4 Å². The molecule has 1 aliphatic heterocycles. The van der Waals surface area contributed by atoms with Gasteiger partial charge in [0, 0.05) is 30.9 Å². The molecule has 0 fully saturated rings. The van der Waals surface area contributed by atoms with Crippen LogP contribution >= 0.6 is 34.8 Å². The summed E-state index contributed by atoms with van der Waals surface area (Å²) in [6, 6.07) is 1.46. The number of phenols is 1. The second-order valence-electron chi connectivity index (χ2n) is 4.81. The Labute approximate surface area is 131 Å².